The number of amides is 2. The van der Waals surface area contributed by atoms with E-state index >= 15 is 0 Å². The van der Waals surface area contributed by atoms with Gasteiger partial charge in [0.1, 0.15) is 11.4 Å². The van der Waals surface area contributed by atoms with Crippen LogP contribution in [0.3, 0.4) is 0 Å². The van der Waals surface area contributed by atoms with Gasteiger partial charge in [-0.1, -0.05) is 0 Å². The van der Waals surface area contributed by atoms with Gasteiger partial charge in [0, 0.05) is 56.5 Å². The highest BCUT2D eigenvalue weighted by Gasteiger charge is 2.34. The lowest BCUT2D eigenvalue weighted by atomic mass is 10.1. The summed E-state index contributed by atoms with van der Waals surface area (Å²) in [6.45, 7) is 11.8. The van der Waals surface area contributed by atoms with E-state index in [0.717, 1.165) is 17.7 Å². The van der Waals surface area contributed by atoms with Gasteiger partial charge >= 0.3 is 6.09 Å². The summed E-state index contributed by atoms with van der Waals surface area (Å²) in [4.78, 5) is 34.7. The highest BCUT2D eigenvalue weighted by atomic mass is 16.6. The van der Waals surface area contributed by atoms with Gasteiger partial charge in [-0.3, -0.25) is 9.69 Å². The van der Waals surface area contributed by atoms with Crippen molar-refractivity contribution >= 4 is 23.5 Å². The quantitative estimate of drug-likeness (QED) is 0.772. The molecule has 0 bridgehead atoms. The molecule has 2 aliphatic rings. The van der Waals surface area contributed by atoms with Crippen molar-refractivity contribution < 1.29 is 19.1 Å². The molecule has 1 aromatic rings. The number of nitrogens with zero attached hydrogens (tertiary/aromatic N) is 4. The minimum absolute atomic E-state index is 0.00345. The fourth-order valence-corrected chi connectivity index (χ4v) is 3.78. The van der Waals surface area contributed by atoms with E-state index in [0.29, 0.717) is 37.9 Å². The fraction of sp³-hybridized carbons (Fsp3) is 0.650. The molecule has 1 fully saturated rings. The number of pyridine rings is 1. The average molecular weight is 390 g/mol. The summed E-state index contributed by atoms with van der Waals surface area (Å²) in [5.41, 5.74) is 1.58. The van der Waals surface area contributed by atoms with Crippen molar-refractivity contribution in [2.75, 3.05) is 43.1 Å². The van der Waals surface area contributed by atoms with Crippen LogP contribution in [0.5, 0.6) is 5.88 Å². The van der Waals surface area contributed by atoms with E-state index in [-0.39, 0.29) is 18.0 Å². The van der Waals surface area contributed by atoms with Crippen molar-refractivity contribution in [1.29, 1.82) is 0 Å². The molecule has 0 saturated carbocycles. The van der Waals surface area contributed by atoms with Gasteiger partial charge in [0.25, 0.3) is 0 Å². The minimum atomic E-state index is -0.511. The third-order valence-corrected chi connectivity index (χ3v) is 5.08. The number of aromatic nitrogens is 1. The molecule has 0 N–H and O–H groups in total. The van der Waals surface area contributed by atoms with Crippen molar-refractivity contribution in [3.63, 3.8) is 0 Å². The third kappa shape index (κ3) is 4.00. The highest BCUT2D eigenvalue weighted by Crippen LogP contribution is 2.37. The number of hydrogen-bond donors (Lipinski definition) is 0. The summed E-state index contributed by atoms with van der Waals surface area (Å²) in [6.07, 6.45) is 0.488. The van der Waals surface area contributed by atoms with Crippen molar-refractivity contribution in [1.82, 2.24) is 9.88 Å². The summed E-state index contributed by atoms with van der Waals surface area (Å²) in [6, 6.07) is 1.93. The number of ether oxygens (including phenoxy) is 2. The topological polar surface area (TPSA) is 75.2 Å². The Labute approximate surface area is 166 Å². The number of carbonyl (C=O) groups is 2. The van der Waals surface area contributed by atoms with E-state index < -0.39 is 5.60 Å². The second-order valence-electron chi connectivity index (χ2n) is 8.38. The zero-order valence-electron chi connectivity index (χ0n) is 17.6. The van der Waals surface area contributed by atoms with E-state index in [4.69, 9.17) is 9.47 Å². The van der Waals surface area contributed by atoms with Crippen LogP contribution in [-0.2, 0) is 16.0 Å². The number of anilines is 2. The van der Waals surface area contributed by atoms with Crippen LogP contribution in [0.2, 0.25) is 0 Å². The van der Waals surface area contributed by atoms with Crippen LogP contribution in [0.1, 0.15) is 40.2 Å². The first kappa shape index (κ1) is 20.2. The molecule has 154 valence electrons. The van der Waals surface area contributed by atoms with E-state index in [9.17, 15) is 9.59 Å². The molecule has 3 rings (SSSR count). The van der Waals surface area contributed by atoms with Crippen molar-refractivity contribution in [3.8, 4) is 5.88 Å². The first-order valence-corrected chi connectivity index (χ1v) is 9.71. The average Bonchev–Trinajstić information content (AvgIpc) is 3.03. The number of methoxy groups -OCH3 is 1. The Balaban J connectivity index is 1.83. The molecule has 3 heterocycles. The second kappa shape index (κ2) is 7.48. The van der Waals surface area contributed by atoms with Gasteiger partial charge in [0.2, 0.25) is 11.8 Å². The molecule has 8 nitrogen and oxygen atoms in total. The van der Waals surface area contributed by atoms with Gasteiger partial charge in [-0.05, 0) is 34.1 Å². The van der Waals surface area contributed by atoms with Gasteiger partial charge in [0.05, 0.1) is 7.11 Å². The molecule has 0 radical (unpaired) electrons. The van der Waals surface area contributed by atoms with Crippen LogP contribution in [0.15, 0.2) is 6.07 Å². The first-order valence-electron chi connectivity index (χ1n) is 9.71. The molecule has 0 aliphatic carbocycles. The summed E-state index contributed by atoms with van der Waals surface area (Å²) in [5, 5.41) is 0. The molecule has 1 aromatic heterocycles. The van der Waals surface area contributed by atoms with Crippen LogP contribution in [0, 0.1) is 0 Å². The maximum absolute atomic E-state index is 12.5. The Morgan fingerprint density at radius 2 is 1.93 bits per heavy atom. The Kier molecular flexibility index (Phi) is 5.41. The van der Waals surface area contributed by atoms with Crippen LogP contribution in [-0.4, -0.2) is 66.8 Å². The first-order chi connectivity index (χ1) is 13.1. The Bertz CT molecular complexity index is 774. The van der Waals surface area contributed by atoms with Crippen molar-refractivity contribution in [2.45, 2.75) is 52.7 Å². The van der Waals surface area contributed by atoms with Crippen molar-refractivity contribution in [3.05, 3.63) is 11.6 Å². The lowest BCUT2D eigenvalue weighted by molar-refractivity contribution is -0.116. The molecule has 2 aliphatic heterocycles. The molecule has 1 saturated heterocycles. The fourth-order valence-electron chi connectivity index (χ4n) is 3.78. The summed E-state index contributed by atoms with van der Waals surface area (Å²) >= 11 is 0. The predicted octanol–water partition coefficient (Wildman–Crippen LogP) is 2.44. The number of fused-ring (bicyclic) bond motifs is 1. The smallest absolute Gasteiger partial charge is 0.410 e. The molecule has 2 amide bonds. The normalized spacial score (nSPS) is 19.5. The monoisotopic (exact) mass is 390 g/mol. The SMILES string of the molecule is COc1cc(N2CCN(C(=O)OC(C)(C)C)[C@@H](C)C2)c2c(n1)N(C(C)=O)CC2. The zero-order valence-corrected chi connectivity index (χ0v) is 17.6. The van der Waals surface area contributed by atoms with Crippen LogP contribution < -0.4 is 14.5 Å². The number of carbonyl (C=O) groups excluding carboxylic acids is 2. The van der Waals surface area contributed by atoms with E-state index in [1.807, 2.05) is 33.8 Å². The van der Waals surface area contributed by atoms with Gasteiger partial charge in [-0.25, -0.2) is 4.79 Å². The molecular formula is C20H30N4O4. The molecule has 0 unspecified atom stereocenters. The van der Waals surface area contributed by atoms with Gasteiger partial charge in [-0.2, -0.15) is 4.98 Å². The summed E-state index contributed by atoms with van der Waals surface area (Å²) in [7, 11) is 1.58. The Hall–Kier alpha value is -2.51. The number of piperazine rings is 1. The summed E-state index contributed by atoms with van der Waals surface area (Å²) in [5.74, 6) is 1.15. The Morgan fingerprint density at radius 1 is 1.21 bits per heavy atom. The number of hydrogen-bond acceptors (Lipinski definition) is 6. The molecule has 8 heteroatoms. The molecular weight excluding hydrogens is 360 g/mol. The van der Waals surface area contributed by atoms with E-state index in [1.54, 1.807) is 23.8 Å². The largest absolute Gasteiger partial charge is 0.481 e. The van der Waals surface area contributed by atoms with Crippen LogP contribution in [0.25, 0.3) is 0 Å². The number of rotatable bonds is 2. The third-order valence-electron chi connectivity index (χ3n) is 5.08. The van der Waals surface area contributed by atoms with Gasteiger partial charge < -0.3 is 19.3 Å². The summed E-state index contributed by atoms with van der Waals surface area (Å²) < 4.78 is 10.9. The van der Waals surface area contributed by atoms with Crippen LogP contribution >= 0.6 is 0 Å². The second-order valence-corrected chi connectivity index (χ2v) is 8.38. The standard InChI is InChI=1S/C20H30N4O4/c1-13-12-22(9-10-23(13)19(26)28-20(3,4)5)16-11-17(27-6)21-18-15(16)7-8-24(18)14(2)25/h11,13H,7-10,12H2,1-6H3/t13-/m0/s1. The molecule has 0 aromatic carbocycles. The molecule has 0 spiro atoms. The zero-order chi connectivity index (χ0) is 20.6. The Morgan fingerprint density at radius 3 is 2.50 bits per heavy atom. The van der Waals surface area contributed by atoms with E-state index in [2.05, 4.69) is 9.88 Å². The van der Waals surface area contributed by atoms with Gasteiger partial charge in [-0.15, -0.1) is 0 Å². The maximum Gasteiger partial charge on any atom is 0.410 e. The lowest BCUT2D eigenvalue weighted by Crippen LogP contribution is -2.55. The predicted molar refractivity (Wildman–Crippen MR) is 107 cm³/mol. The van der Waals surface area contributed by atoms with E-state index in [1.165, 1.54) is 0 Å². The van der Waals surface area contributed by atoms with Gasteiger partial charge in [0.15, 0.2) is 0 Å². The highest BCUT2D eigenvalue weighted by molar-refractivity contribution is 5.94. The lowest BCUT2D eigenvalue weighted by Gasteiger charge is -2.41. The minimum Gasteiger partial charge on any atom is -0.481 e. The van der Waals surface area contributed by atoms with Crippen LogP contribution in [0.4, 0.5) is 16.3 Å². The molecule has 28 heavy (non-hydrogen) atoms. The molecule has 1 atom stereocenters. The maximum atomic E-state index is 12.5. The van der Waals surface area contributed by atoms with Crippen molar-refractivity contribution in [2.24, 2.45) is 0 Å².